The standard InChI is InChI=1S/C16H17ClFN3O/c1-10-7-12(17)5-4-11(10)8-15-16-13(14(18)9-22)3-2-6-21(16)20-19-15/h4-5,7,22H,2-3,6,8-9H2,1H3/b14-13-. The second-order valence-corrected chi connectivity index (χ2v) is 5.94. The first-order valence-electron chi connectivity index (χ1n) is 7.26. The van der Waals surface area contributed by atoms with Crippen LogP contribution in [0.25, 0.3) is 5.57 Å². The fourth-order valence-electron chi connectivity index (χ4n) is 2.88. The minimum absolute atomic E-state index is 0.489. The minimum Gasteiger partial charge on any atom is -0.389 e. The zero-order valence-electron chi connectivity index (χ0n) is 12.3. The second-order valence-electron chi connectivity index (χ2n) is 5.50. The van der Waals surface area contributed by atoms with Gasteiger partial charge < -0.3 is 5.11 Å². The van der Waals surface area contributed by atoms with Crippen molar-refractivity contribution in [3.8, 4) is 0 Å². The number of fused-ring (bicyclic) bond motifs is 1. The third-order valence-electron chi connectivity index (χ3n) is 4.02. The molecule has 2 aromatic rings. The van der Waals surface area contributed by atoms with Crippen molar-refractivity contribution in [3.05, 3.63) is 51.6 Å². The van der Waals surface area contributed by atoms with E-state index in [9.17, 15) is 4.39 Å². The van der Waals surface area contributed by atoms with E-state index in [4.69, 9.17) is 16.7 Å². The number of hydrogen-bond acceptors (Lipinski definition) is 3. The molecule has 2 heterocycles. The molecule has 0 saturated carbocycles. The van der Waals surface area contributed by atoms with E-state index < -0.39 is 12.4 Å². The maximum atomic E-state index is 14.0. The van der Waals surface area contributed by atoms with E-state index in [1.807, 2.05) is 25.1 Å². The number of rotatable bonds is 3. The van der Waals surface area contributed by atoms with Gasteiger partial charge in [-0.05, 0) is 43.0 Å². The van der Waals surface area contributed by atoms with E-state index in [0.29, 0.717) is 29.1 Å². The fourth-order valence-corrected chi connectivity index (χ4v) is 3.10. The Hall–Kier alpha value is -1.72. The molecule has 6 heteroatoms. The van der Waals surface area contributed by atoms with Gasteiger partial charge in [-0.3, -0.25) is 0 Å². The van der Waals surface area contributed by atoms with E-state index in [1.54, 1.807) is 4.68 Å². The second kappa shape index (κ2) is 6.18. The summed E-state index contributed by atoms with van der Waals surface area (Å²) in [5.41, 5.74) is 4.14. The summed E-state index contributed by atoms with van der Waals surface area (Å²) >= 11 is 5.98. The Morgan fingerprint density at radius 2 is 2.27 bits per heavy atom. The van der Waals surface area contributed by atoms with E-state index in [1.165, 1.54) is 0 Å². The van der Waals surface area contributed by atoms with Crippen molar-refractivity contribution >= 4 is 17.2 Å². The van der Waals surface area contributed by atoms with Crippen molar-refractivity contribution in [1.29, 1.82) is 0 Å². The highest BCUT2D eigenvalue weighted by Gasteiger charge is 2.24. The van der Waals surface area contributed by atoms with Gasteiger partial charge >= 0.3 is 0 Å². The number of aliphatic hydroxyl groups is 1. The Kier molecular flexibility index (Phi) is 4.27. The lowest BCUT2D eigenvalue weighted by atomic mass is 9.96. The first-order chi connectivity index (χ1) is 10.6. The average Bonchev–Trinajstić information content (AvgIpc) is 2.92. The highest BCUT2D eigenvalue weighted by atomic mass is 35.5. The molecule has 0 fully saturated rings. The summed E-state index contributed by atoms with van der Waals surface area (Å²) in [6.07, 6.45) is 1.98. The van der Waals surface area contributed by atoms with Crippen LogP contribution in [-0.2, 0) is 13.0 Å². The van der Waals surface area contributed by atoms with Crippen molar-refractivity contribution in [2.75, 3.05) is 6.61 Å². The van der Waals surface area contributed by atoms with E-state index >= 15 is 0 Å². The van der Waals surface area contributed by atoms with Crippen LogP contribution in [0.15, 0.2) is 24.0 Å². The van der Waals surface area contributed by atoms with Crippen LogP contribution in [0.2, 0.25) is 5.02 Å². The van der Waals surface area contributed by atoms with Gasteiger partial charge in [0.25, 0.3) is 0 Å². The predicted molar refractivity (Wildman–Crippen MR) is 83.4 cm³/mol. The molecular formula is C16H17ClFN3O. The number of halogens is 2. The first-order valence-corrected chi connectivity index (χ1v) is 7.64. The van der Waals surface area contributed by atoms with Crippen molar-refractivity contribution in [2.45, 2.75) is 32.7 Å². The topological polar surface area (TPSA) is 50.9 Å². The molecule has 0 atom stereocenters. The molecule has 116 valence electrons. The van der Waals surface area contributed by atoms with Crippen LogP contribution in [0.1, 0.15) is 35.4 Å². The lowest BCUT2D eigenvalue weighted by Crippen LogP contribution is -2.13. The number of benzene rings is 1. The van der Waals surface area contributed by atoms with Crippen molar-refractivity contribution in [2.24, 2.45) is 0 Å². The van der Waals surface area contributed by atoms with Gasteiger partial charge in [-0.2, -0.15) is 0 Å². The van der Waals surface area contributed by atoms with Crippen LogP contribution in [0.5, 0.6) is 0 Å². The summed E-state index contributed by atoms with van der Waals surface area (Å²) < 4.78 is 15.7. The Bertz CT molecular complexity index is 739. The molecular weight excluding hydrogens is 305 g/mol. The Labute approximate surface area is 133 Å². The van der Waals surface area contributed by atoms with Crippen LogP contribution >= 0.6 is 11.6 Å². The quantitative estimate of drug-likeness (QED) is 0.943. The van der Waals surface area contributed by atoms with E-state index in [-0.39, 0.29) is 0 Å². The maximum absolute atomic E-state index is 14.0. The lowest BCUT2D eigenvalue weighted by Gasteiger charge is -2.18. The van der Waals surface area contributed by atoms with Crippen LogP contribution in [0.4, 0.5) is 4.39 Å². The van der Waals surface area contributed by atoms with Crippen LogP contribution in [-0.4, -0.2) is 26.7 Å². The molecule has 3 rings (SSSR count). The molecule has 0 amide bonds. The molecule has 1 aliphatic heterocycles. The van der Waals surface area contributed by atoms with Crippen molar-refractivity contribution in [1.82, 2.24) is 15.0 Å². The normalized spacial score (nSPS) is 16.5. The van der Waals surface area contributed by atoms with Gasteiger partial charge in [0.2, 0.25) is 0 Å². The summed E-state index contributed by atoms with van der Waals surface area (Å²) in [4.78, 5) is 0. The Morgan fingerprint density at radius 1 is 1.45 bits per heavy atom. The molecule has 1 aliphatic rings. The molecule has 1 aromatic heterocycles. The Morgan fingerprint density at radius 3 is 3.00 bits per heavy atom. The van der Waals surface area contributed by atoms with Gasteiger partial charge in [-0.1, -0.05) is 22.9 Å². The van der Waals surface area contributed by atoms with Crippen LogP contribution in [0.3, 0.4) is 0 Å². The van der Waals surface area contributed by atoms with Crippen molar-refractivity contribution in [3.63, 3.8) is 0 Å². The van der Waals surface area contributed by atoms with Gasteiger partial charge in [-0.25, -0.2) is 9.07 Å². The summed E-state index contributed by atoms with van der Waals surface area (Å²) in [6, 6.07) is 5.70. The van der Waals surface area contributed by atoms with Crippen molar-refractivity contribution < 1.29 is 9.50 Å². The number of aromatic nitrogens is 3. The smallest absolute Gasteiger partial charge is 0.131 e. The molecule has 0 radical (unpaired) electrons. The predicted octanol–water partition coefficient (Wildman–Crippen LogP) is 3.30. The molecule has 22 heavy (non-hydrogen) atoms. The summed E-state index contributed by atoms with van der Waals surface area (Å²) in [6.45, 7) is 2.13. The maximum Gasteiger partial charge on any atom is 0.131 e. The highest BCUT2D eigenvalue weighted by molar-refractivity contribution is 6.30. The molecule has 1 aromatic carbocycles. The number of hydrogen-bond donors (Lipinski definition) is 1. The van der Waals surface area contributed by atoms with Gasteiger partial charge in [0.1, 0.15) is 5.83 Å². The van der Waals surface area contributed by atoms with Gasteiger partial charge in [0, 0.05) is 23.6 Å². The highest BCUT2D eigenvalue weighted by Crippen LogP contribution is 2.32. The number of nitrogens with zero attached hydrogens (tertiary/aromatic N) is 3. The molecule has 4 nitrogen and oxygen atoms in total. The van der Waals surface area contributed by atoms with E-state index in [2.05, 4.69) is 10.3 Å². The molecule has 0 aliphatic carbocycles. The largest absolute Gasteiger partial charge is 0.389 e. The Balaban J connectivity index is 2.01. The first kappa shape index (κ1) is 15.2. The molecule has 0 bridgehead atoms. The van der Waals surface area contributed by atoms with Gasteiger partial charge in [0.05, 0.1) is 18.0 Å². The summed E-state index contributed by atoms with van der Waals surface area (Å²) in [5.74, 6) is -0.489. The van der Waals surface area contributed by atoms with E-state index in [0.717, 1.165) is 29.8 Å². The number of allylic oxidation sites excluding steroid dienone is 1. The molecule has 0 unspecified atom stereocenters. The fraction of sp³-hybridized carbons (Fsp3) is 0.375. The molecule has 1 N–H and O–H groups in total. The average molecular weight is 322 g/mol. The lowest BCUT2D eigenvalue weighted by molar-refractivity contribution is 0.298. The van der Waals surface area contributed by atoms with Gasteiger partial charge in [-0.15, -0.1) is 5.10 Å². The molecule has 0 saturated heterocycles. The van der Waals surface area contributed by atoms with Crippen LogP contribution in [0, 0.1) is 6.92 Å². The summed E-state index contributed by atoms with van der Waals surface area (Å²) in [5, 5.41) is 18.1. The zero-order chi connectivity index (χ0) is 15.7. The monoisotopic (exact) mass is 321 g/mol. The third-order valence-corrected chi connectivity index (χ3v) is 4.25. The number of aliphatic hydroxyl groups excluding tert-OH is 1. The minimum atomic E-state index is -0.583. The number of aryl methyl sites for hydroxylation is 2. The third kappa shape index (κ3) is 2.78. The zero-order valence-corrected chi connectivity index (χ0v) is 13.1. The SMILES string of the molecule is Cc1cc(Cl)ccc1Cc1nnn2c1/C(=C(\F)CO)CCC2. The summed E-state index contributed by atoms with van der Waals surface area (Å²) in [7, 11) is 0. The van der Waals surface area contributed by atoms with Crippen LogP contribution < -0.4 is 0 Å². The van der Waals surface area contributed by atoms with Gasteiger partial charge in [0.15, 0.2) is 0 Å². The molecule has 0 spiro atoms.